The van der Waals surface area contributed by atoms with Crippen molar-refractivity contribution in [3.63, 3.8) is 0 Å². The van der Waals surface area contributed by atoms with Crippen molar-refractivity contribution < 1.29 is 23.9 Å². The molecule has 2 aromatic carbocycles. The van der Waals surface area contributed by atoms with Crippen LogP contribution in [-0.4, -0.2) is 41.4 Å². The molecule has 1 atom stereocenters. The third-order valence-electron chi connectivity index (χ3n) is 5.51. The molecule has 8 heteroatoms. The number of anilines is 1. The first-order valence-electron chi connectivity index (χ1n) is 10.3. The van der Waals surface area contributed by atoms with Crippen molar-refractivity contribution in [2.75, 3.05) is 18.5 Å². The summed E-state index contributed by atoms with van der Waals surface area (Å²) in [5.41, 5.74) is -0.349. The van der Waals surface area contributed by atoms with Crippen molar-refractivity contribution in [2.45, 2.75) is 32.2 Å². The summed E-state index contributed by atoms with van der Waals surface area (Å²) in [6, 6.07) is 13.6. The summed E-state index contributed by atoms with van der Waals surface area (Å²) in [4.78, 5) is 38.2. The first-order valence-corrected chi connectivity index (χ1v) is 10.3. The molecule has 0 bridgehead atoms. The molecule has 1 unspecified atom stereocenters. The number of urea groups is 1. The van der Waals surface area contributed by atoms with Crippen molar-refractivity contribution >= 4 is 23.5 Å². The summed E-state index contributed by atoms with van der Waals surface area (Å²) in [6.07, 6.45) is 1.82. The molecule has 4 rings (SSSR count). The number of carbonyl (C=O) groups excluding carboxylic acids is 3. The molecule has 1 aliphatic carbocycles. The van der Waals surface area contributed by atoms with E-state index in [-0.39, 0.29) is 18.4 Å². The predicted octanol–water partition coefficient (Wildman–Crippen LogP) is 3.54. The Kier molecular flexibility index (Phi) is 5.54. The van der Waals surface area contributed by atoms with Gasteiger partial charge in [0, 0.05) is 5.69 Å². The van der Waals surface area contributed by atoms with E-state index in [9.17, 15) is 14.4 Å². The molecule has 1 saturated carbocycles. The highest BCUT2D eigenvalue weighted by Gasteiger charge is 2.56. The van der Waals surface area contributed by atoms with E-state index in [0.29, 0.717) is 23.8 Å². The highest BCUT2D eigenvalue weighted by molar-refractivity contribution is 6.10. The second-order valence-corrected chi connectivity index (χ2v) is 7.88. The molecule has 2 aromatic rings. The summed E-state index contributed by atoms with van der Waals surface area (Å²) < 4.78 is 11.2. The Labute approximate surface area is 180 Å². The number of rotatable bonds is 8. The quantitative estimate of drug-likeness (QED) is 0.633. The van der Waals surface area contributed by atoms with Crippen LogP contribution in [0.25, 0.3) is 0 Å². The van der Waals surface area contributed by atoms with Gasteiger partial charge in [-0.1, -0.05) is 0 Å². The molecule has 0 spiro atoms. The van der Waals surface area contributed by atoms with E-state index in [4.69, 9.17) is 9.47 Å². The largest absolute Gasteiger partial charge is 0.494 e. The van der Waals surface area contributed by atoms with Crippen LogP contribution in [0.15, 0.2) is 48.5 Å². The third kappa shape index (κ3) is 4.47. The number of carbonyl (C=O) groups is 3. The van der Waals surface area contributed by atoms with Crippen LogP contribution in [0, 0.1) is 5.92 Å². The van der Waals surface area contributed by atoms with Crippen LogP contribution in [0.5, 0.6) is 17.2 Å². The summed E-state index contributed by atoms with van der Waals surface area (Å²) in [5.74, 6) is 1.42. The maximum Gasteiger partial charge on any atom is 0.325 e. The standard InChI is InChI=1S/C23H25N3O5/c1-3-30-17-10-12-19(13-11-17)31-18-8-6-16(7-9-18)24-20(27)14-26-21(28)23(2,15-4-5-15)25-22(26)29/h6-13,15H,3-5,14H2,1-2H3,(H,24,27)(H,25,29). The molecule has 0 radical (unpaired) electrons. The lowest BCUT2D eigenvalue weighted by atomic mass is 9.96. The van der Waals surface area contributed by atoms with Gasteiger partial charge in [0.1, 0.15) is 29.3 Å². The van der Waals surface area contributed by atoms with E-state index in [2.05, 4.69) is 10.6 Å². The zero-order valence-electron chi connectivity index (χ0n) is 17.5. The molecule has 2 aliphatic rings. The highest BCUT2D eigenvalue weighted by Crippen LogP contribution is 2.42. The summed E-state index contributed by atoms with van der Waals surface area (Å²) >= 11 is 0. The molecule has 1 saturated heterocycles. The lowest BCUT2D eigenvalue weighted by molar-refractivity contribution is -0.134. The smallest absolute Gasteiger partial charge is 0.325 e. The van der Waals surface area contributed by atoms with Gasteiger partial charge in [0.25, 0.3) is 5.91 Å². The van der Waals surface area contributed by atoms with E-state index in [1.165, 1.54) is 0 Å². The molecular formula is C23H25N3O5. The fraction of sp³-hybridized carbons (Fsp3) is 0.348. The third-order valence-corrected chi connectivity index (χ3v) is 5.51. The van der Waals surface area contributed by atoms with Gasteiger partial charge in [-0.15, -0.1) is 0 Å². The van der Waals surface area contributed by atoms with Crippen LogP contribution < -0.4 is 20.1 Å². The number of ether oxygens (including phenoxy) is 2. The number of nitrogens with zero attached hydrogens (tertiary/aromatic N) is 1. The molecule has 1 aliphatic heterocycles. The molecule has 162 valence electrons. The Hall–Kier alpha value is -3.55. The van der Waals surface area contributed by atoms with Crippen LogP contribution >= 0.6 is 0 Å². The zero-order chi connectivity index (χ0) is 22.0. The van der Waals surface area contributed by atoms with Crippen molar-refractivity contribution in [1.82, 2.24) is 10.2 Å². The maximum atomic E-state index is 12.6. The van der Waals surface area contributed by atoms with Crippen molar-refractivity contribution in [3.05, 3.63) is 48.5 Å². The van der Waals surface area contributed by atoms with Crippen LogP contribution in [0.1, 0.15) is 26.7 Å². The van der Waals surface area contributed by atoms with Gasteiger partial charge in [0.05, 0.1) is 6.61 Å². The van der Waals surface area contributed by atoms with E-state index >= 15 is 0 Å². The Balaban J connectivity index is 1.32. The molecule has 31 heavy (non-hydrogen) atoms. The number of hydrogen-bond donors (Lipinski definition) is 2. The number of imide groups is 1. The Bertz CT molecular complexity index is 985. The molecule has 2 fully saturated rings. The zero-order valence-corrected chi connectivity index (χ0v) is 17.5. The number of benzene rings is 2. The van der Waals surface area contributed by atoms with Crippen LogP contribution in [0.4, 0.5) is 10.5 Å². The molecule has 4 amide bonds. The maximum absolute atomic E-state index is 12.6. The average molecular weight is 423 g/mol. The van der Waals surface area contributed by atoms with Gasteiger partial charge in [0.2, 0.25) is 5.91 Å². The van der Waals surface area contributed by atoms with Crippen LogP contribution in [0.2, 0.25) is 0 Å². The average Bonchev–Trinajstić information content (AvgIpc) is 3.57. The summed E-state index contributed by atoms with van der Waals surface area (Å²) in [6.45, 7) is 3.93. The molecule has 0 aromatic heterocycles. The first-order chi connectivity index (χ1) is 14.9. The van der Waals surface area contributed by atoms with Gasteiger partial charge >= 0.3 is 6.03 Å². The fourth-order valence-electron chi connectivity index (χ4n) is 3.65. The van der Waals surface area contributed by atoms with Crippen molar-refractivity contribution in [1.29, 1.82) is 0 Å². The topological polar surface area (TPSA) is 97.0 Å². The van der Waals surface area contributed by atoms with Gasteiger partial charge in [-0.25, -0.2) is 4.79 Å². The van der Waals surface area contributed by atoms with E-state index in [1.54, 1.807) is 31.2 Å². The van der Waals surface area contributed by atoms with Gasteiger partial charge in [-0.3, -0.25) is 14.5 Å². The highest BCUT2D eigenvalue weighted by atomic mass is 16.5. The normalized spacial score (nSPS) is 20.4. The molecule has 8 nitrogen and oxygen atoms in total. The van der Waals surface area contributed by atoms with E-state index in [1.807, 2.05) is 31.2 Å². The monoisotopic (exact) mass is 423 g/mol. The second kappa shape index (κ2) is 8.29. The molecule has 2 N–H and O–H groups in total. The lowest BCUT2D eigenvalue weighted by Gasteiger charge is -2.20. The van der Waals surface area contributed by atoms with Gasteiger partial charge in [-0.05, 0) is 81.1 Å². The van der Waals surface area contributed by atoms with Crippen LogP contribution in [0.3, 0.4) is 0 Å². The van der Waals surface area contributed by atoms with Gasteiger partial charge < -0.3 is 20.1 Å². The minimum Gasteiger partial charge on any atom is -0.494 e. The SMILES string of the molecule is CCOc1ccc(Oc2ccc(NC(=O)CN3C(=O)NC(C)(C4CC4)C3=O)cc2)cc1. The minimum absolute atomic E-state index is 0.153. The van der Waals surface area contributed by atoms with E-state index in [0.717, 1.165) is 23.5 Å². The lowest BCUT2D eigenvalue weighted by Crippen LogP contribution is -2.46. The fourth-order valence-corrected chi connectivity index (χ4v) is 3.65. The Morgan fingerprint density at radius 3 is 2.23 bits per heavy atom. The summed E-state index contributed by atoms with van der Waals surface area (Å²) in [7, 11) is 0. The first kappa shape index (κ1) is 20.7. The number of amides is 4. The Morgan fingerprint density at radius 2 is 1.65 bits per heavy atom. The summed E-state index contributed by atoms with van der Waals surface area (Å²) in [5, 5.41) is 5.45. The van der Waals surface area contributed by atoms with E-state index < -0.39 is 17.5 Å². The Morgan fingerprint density at radius 1 is 1.06 bits per heavy atom. The van der Waals surface area contributed by atoms with Crippen molar-refractivity contribution in [2.24, 2.45) is 5.92 Å². The predicted molar refractivity (Wildman–Crippen MR) is 114 cm³/mol. The minimum atomic E-state index is -0.892. The number of hydrogen-bond acceptors (Lipinski definition) is 5. The van der Waals surface area contributed by atoms with Gasteiger partial charge in [0.15, 0.2) is 0 Å². The molecule has 1 heterocycles. The molecular weight excluding hydrogens is 398 g/mol. The number of nitrogens with one attached hydrogen (secondary N) is 2. The van der Waals surface area contributed by atoms with Gasteiger partial charge in [-0.2, -0.15) is 0 Å². The second-order valence-electron chi connectivity index (χ2n) is 7.88. The van der Waals surface area contributed by atoms with Crippen molar-refractivity contribution in [3.8, 4) is 17.2 Å². The van der Waals surface area contributed by atoms with Crippen LogP contribution in [-0.2, 0) is 9.59 Å².